The Morgan fingerprint density at radius 1 is 1.20 bits per heavy atom. The van der Waals surface area contributed by atoms with Gasteiger partial charge in [0.25, 0.3) is 0 Å². The molecule has 0 atom stereocenters. The van der Waals surface area contributed by atoms with Crippen LogP contribution in [0.25, 0.3) is 0 Å². The Kier molecular flexibility index (Phi) is 4.01. The van der Waals surface area contributed by atoms with Gasteiger partial charge >= 0.3 is 0 Å². The lowest BCUT2D eigenvalue weighted by molar-refractivity contribution is 0.195. The maximum atomic E-state index is 12.8. The standard InChI is InChI=1S/C14H23NO4S/c1-10-12(9-16)13(11(2)19-10)20(17,18)15-7-5-14(3,4)6-8-15/h16H,5-9H2,1-4H3. The predicted octanol–water partition coefficient (Wildman–Crippen LogP) is 2.20. The molecule has 6 heteroatoms. The summed E-state index contributed by atoms with van der Waals surface area (Å²) in [6, 6.07) is 0. The summed E-state index contributed by atoms with van der Waals surface area (Å²) in [7, 11) is -3.59. The largest absolute Gasteiger partial charge is 0.465 e. The molecule has 0 aliphatic carbocycles. The van der Waals surface area contributed by atoms with Crippen molar-refractivity contribution in [3.8, 4) is 0 Å². The zero-order valence-corrected chi connectivity index (χ0v) is 13.4. The molecule has 0 radical (unpaired) electrons. The Balaban J connectivity index is 2.37. The fraction of sp³-hybridized carbons (Fsp3) is 0.714. The summed E-state index contributed by atoms with van der Waals surface area (Å²) >= 11 is 0. The summed E-state index contributed by atoms with van der Waals surface area (Å²) in [6.07, 6.45) is 1.69. The SMILES string of the molecule is Cc1oc(C)c(S(=O)(=O)N2CCC(C)(C)CC2)c1CO. The van der Waals surface area contributed by atoms with Crippen LogP contribution in [0.2, 0.25) is 0 Å². The number of rotatable bonds is 3. The lowest BCUT2D eigenvalue weighted by Gasteiger charge is -2.36. The smallest absolute Gasteiger partial charge is 0.246 e. The molecule has 1 aromatic rings. The second kappa shape index (κ2) is 5.16. The van der Waals surface area contributed by atoms with E-state index in [0.717, 1.165) is 12.8 Å². The summed E-state index contributed by atoms with van der Waals surface area (Å²) in [5.41, 5.74) is 0.569. The second-order valence-electron chi connectivity index (χ2n) is 6.25. The van der Waals surface area contributed by atoms with Gasteiger partial charge in [0.05, 0.1) is 6.61 Å². The Labute approximate surface area is 120 Å². The van der Waals surface area contributed by atoms with Gasteiger partial charge in [-0.15, -0.1) is 0 Å². The van der Waals surface area contributed by atoms with Gasteiger partial charge in [0.2, 0.25) is 10.0 Å². The average Bonchev–Trinajstić information content (AvgIpc) is 2.63. The van der Waals surface area contributed by atoms with E-state index in [2.05, 4.69) is 13.8 Å². The van der Waals surface area contributed by atoms with Gasteiger partial charge in [0.15, 0.2) is 0 Å². The van der Waals surface area contributed by atoms with Crippen LogP contribution in [0.5, 0.6) is 0 Å². The Bertz CT molecular complexity index is 591. The summed E-state index contributed by atoms with van der Waals surface area (Å²) in [4.78, 5) is 0.150. The average molecular weight is 301 g/mol. The van der Waals surface area contributed by atoms with E-state index in [9.17, 15) is 13.5 Å². The first kappa shape index (κ1) is 15.5. The quantitative estimate of drug-likeness (QED) is 0.929. The molecular formula is C14H23NO4S. The zero-order chi connectivity index (χ0) is 15.1. The van der Waals surface area contributed by atoms with Gasteiger partial charge in [-0.25, -0.2) is 8.42 Å². The second-order valence-corrected chi connectivity index (χ2v) is 8.12. The van der Waals surface area contributed by atoms with Crippen LogP contribution in [-0.4, -0.2) is 30.9 Å². The fourth-order valence-electron chi connectivity index (χ4n) is 2.69. The highest BCUT2D eigenvalue weighted by atomic mass is 32.2. The van der Waals surface area contributed by atoms with Crippen molar-refractivity contribution in [1.82, 2.24) is 4.31 Å². The lowest BCUT2D eigenvalue weighted by atomic mass is 9.83. The topological polar surface area (TPSA) is 70.8 Å². The van der Waals surface area contributed by atoms with Gasteiger partial charge in [-0.05, 0) is 32.1 Å². The summed E-state index contributed by atoms with van der Waals surface area (Å²) in [5.74, 6) is 0.831. The van der Waals surface area contributed by atoms with Gasteiger partial charge in [-0.2, -0.15) is 4.31 Å². The molecule has 0 spiro atoms. The maximum Gasteiger partial charge on any atom is 0.246 e. The number of piperidine rings is 1. The molecule has 0 aromatic carbocycles. The Hall–Kier alpha value is -0.850. The molecule has 114 valence electrons. The summed E-state index contributed by atoms with van der Waals surface area (Å²) < 4.78 is 32.4. The molecule has 0 bridgehead atoms. The minimum Gasteiger partial charge on any atom is -0.465 e. The van der Waals surface area contributed by atoms with E-state index in [1.54, 1.807) is 13.8 Å². The molecule has 20 heavy (non-hydrogen) atoms. The van der Waals surface area contributed by atoms with E-state index in [4.69, 9.17) is 4.42 Å². The van der Waals surface area contributed by atoms with E-state index in [1.165, 1.54) is 4.31 Å². The van der Waals surface area contributed by atoms with Crippen LogP contribution >= 0.6 is 0 Å². The van der Waals surface area contributed by atoms with Crippen LogP contribution in [0.1, 0.15) is 43.8 Å². The Morgan fingerprint density at radius 2 is 1.75 bits per heavy atom. The minimum atomic E-state index is -3.59. The minimum absolute atomic E-state index is 0.150. The fourth-order valence-corrected chi connectivity index (χ4v) is 4.54. The first-order valence-electron chi connectivity index (χ1n) is 6.89. The molecule has 1 aromatic heterocycles. The van der Waals surface area contributed by atoms with Crippen LogP contribution in [0, 0.1) is 19.3 Å². The normalized spacial score (nSPS) is 20.2. The van der Waals surface area contributed by atoms with E-state index in [0.29, 0.717) is 30.2 Å². The molecule has 0 amide bonds. The van der Waals surface area contributed by atoms with Crippen molar-refractivity contribution >= 4 is 10.0 Å². The number of hydrogen-bond donors (Lipinski definition) is 1. The summed E-state index contributed by atoms with van der Waals surface area (Å²) in [5, 5.41) is 9.41. The number of sulfonamides is 1. The highest BCUT2D eigenvalue weighted by Gasteiger charge is 2.36. The highest BCUT2D eigenvalue weighted by Crippen LogP contribution is 2.35. The van der Waals surface area contributed by atoms with Crippen LogP contribution in [0.4, 0.5) is 0 Å². The predicted molar refractivity (Wildman–Crippen MR) is 75.9 cm³/mol. The number of nitrogens with zero attached hydrogens (tertiary/aromatic N) is 1. The van der Waals surface area contributed by atoms with Crippen LogP contribution in [0.15, 0.2) is 9.31 Å². The molecule has 1 aliphatic rings. The number of hydrogen-bond acceptors (Lipinski definition) is 4. The van der Waals surface area contributed by atoms with Gasteiger partial charge in [-0.1, -0.05) is 13.8 Å². The van der Waals surface area contributed by atoms with Crippen LogP contribution < -0.4 is 0 Å². The summed E-state index contributed by atoms with van der Waals surface area (Å²) in [6.45, 7) is 8.33. The van der Waals surface area contributed by atoms with Crippen molar-refractivity contribution in [3.05, 3.63) is 17.1 Å². The number of aliphatic hydroxyl groups is 1. The van der Waals surface area contributed by atoms with Crippen molar-refractivity contribution in [1.29, 1.82) is 0 Å². The maximum absolute atomic E-state index is 12.8. The van der Waals surface area contributed by atoms with Gasteiger partial charge < -0.3 is 9.52 Å². The number of aryl methyl sites for hydroxylation is 2. The third-order valence-corrected chi connectivity index (χ3v) is 6.25. The molecule has 1 N–H and O–H groups in total. The van der Waals surface area contributed by atoms with Crippen LogP contribution in [0.3, 0.4) is 0 Å². The Morgan fingerprint density at radius 3 is 2.25 bits per heavy atom. The first-order valence-corrected chi connectivity index (χ1v) is 8.33. The van der Waals surface area contributed by atoms with Crippen molar-refractivity contribution in [2.45, 2.75) is 52.0 Å². The monoisotopic (exact) mass is 301 g/mol. The number of aliphatic hydroxyl groups excluding tert-OH is 1. The lowest BCUT2D eigenvalue weighted by Crippen LogP contribution is -2.41. The molecule has 1 aliphatic heterocycles. The van der Waals surface area contributed by atoms with Gasteiger partial charge in [0.1, 0.15) is 16.4 Å². The first-order chi connectivity index (χ1) is 9.19. The van der Waals surface area contributed by atoms with E-state index < -0.39 is 10.0 Å². The van der Waals surface area contributed by atoms with E-state index in [1.807, 2.05) is 0 Å². The molecular weight excluding hydrogens is 278 g/mol. The molecule has 1 fully saturated rings. The number of furan rings is 1. The van der Waals surface area contributed by atoms with Gasteiger partial charge in [0, 0.05) is 18.7 Å². The molecule has 1 saturated heterocycles. The molecule has 5 nitrogen and oxygen atoms in total. The molecule has 2 heterocycles. The zero-order valence-electron chi connectivity index (χ0n) is 12.6. The highest BCUT2D eigenvalue weighted by molar-refractivity contribution is 7.89. The molecule has 0 saturated carbocycles. The van der Waals surface area contributed by atoms with E-state index in [-0.39, 0.29) is 16.9 Å². The van der Waals surface area contributed by atoms with Crippen molar-refractivity contribution in [3.63, 3.8) is 0 Å². The van der Waals surface area contributed by atoms with Crippen molar-refractivity contribution in [2.75, 3.05) is 13.1 Å². The van der Waals surface area contributed by atoms with Crippen LogP contribution in [-0.2, 0) is 16.6 Å². The third-order valence-electron chi connectivity index (χ3n) is 4.16. The third kappa shape index (κ3) is 2.64. The van der Waals surface area contributed by atoms with Gasteiger partial charge in [-0.3, -0.25) is 0 Å². The molecule has 2 rings (SSSR count). The van der Waals surface area contributed by atoms with Crippen molar-refractivity contribution < 1.29 is 17.9 Å². The molecule has 0 unspecified atom stereocenters. The van der Waals surface area contributed by atoms with E-state index >= 15 is 0 Å². The van der Waals surface area contributed by atoms with Crippen molar-refractivity contribution in [2.24, 2.45) is 5.41 Å².